The molecule has 0 unspecified atom stereocenters. The van der Waals surface area contributed by atoms with Crippen LogP contribution < -0.4 is 10.5 Å². The number of fused-ring (bicyclic) bond motifs is 1. The Morgan fingerprint density at radius 3 is 2.64 bits per heavy atom. The van der Waals surface area contributed by atoms with E-state index >= 15 is 0 Å². The fourth-order valence-corrected chi connectivity index (χ4v) is 2.80. The maximum absolute atomic E-state index is 5.83. The molecule has 0 radical (unpaired) electrons. The number of nitrogen functional groups attached to an aromatic ring is 1. The third-order valence-corrected chi connectivity index (χ3v) is 4.09. The fraction of sp³-hybridized carbons (Fsp3) is 0.278. The highest BCUT2D eigenvalue weighted by molar-refractivity contribution is 5.76. The zero-order valence-electron chi connectivity index (χ0n) is 12.4. The van der Waals surface area contributed by atoms with Gasteiger partial charge < -0.3 is 15.0 Å². The summed E-state index contributed by atoms with van der Waals surface area (Å²) in [7, 11) is 0. The van der Waals surface area contributed by atoms with Crippen molar-refractivity contribution in [3.8, 4) is 5.75 Å². The van der Waals surface area contributed by atoms with E-state index in [1.807, 2.05) is 30.3 Å². The number of ether oxygens (including phenoxy) is 1. The number of aromatic nitrogens is 2. The van der Waals surface area contributed by atoms with Gasteiger partial charge in [0.2, 0.25) is 0 Å². The van der Waals surface area contributed by atoms with Crippen LogP contribution in [0.15, 0.2) is 48.5 Å². The second-order valence-electron chi connectivity index (χ2n) is 5.80. The molecule has 0 amide bonds. The first-order valence-corrected chi connectivity index (χ1v) is 7.75. The van der Waals surface area contributed by atoms with E-state index in [0.29, 0.717) is 12.5 Å². The first kappa shape index (κ1) is 13.2. The second-order valence-corrected chi connectivity index (χ2v) is 5.80. The predicted molar refractivity (Wildman–Crippen MR) is 88.1 cm³/mol. The van der Waals surface area contributed by atoms with Crippen molar-refractivity contribution < 1.29 is 4.74 Å². The van der Waals surface area contributed by atoms with Gasteiger partial charge in [-0.15, -0.1) is 0 Å². The number of anilines is 1. The Balaban J connectivity index is 1.53. The van der Waals surface area contributed by atoms with Crippen molar-refractivity contribution in [2.75, 3.05) is 12.3 Å². The van der Waals surface area contributed by atoms with Gasteiger partial charge in [0.15, 0.2) is 0 Å². The van der Waals surface area contributed by atoms with E-state index in [0.717, 1.165) is 23.5 Å². The topological polar surface area (TPSA) is 53.1 Å². The lowest BCUT2D eigenvalue weighted by Gasteiger charge is -2.10. The summed E-state index contributed by atoms with van der Waals surface area (Å²) in [6.07, 6.45) is 2.50. The highest BCUT2D eigenvalue weighted by Crippen LogP contribution is 2.40. The molecule has 1 heterocycles. The number of para-hydroxylation sites is 2. The van der Waals surface area contributed by atoms with Crippen molar-refractivity contribution in [2.45, 2.75) is 25.3 Å². The average molecular weight is 293 g/mol. The van der Waals surface area contributed by atoms with Crippen LogP contribution in [-0.2, 0) is 6.54 Å². The monoisotopic (exact) mass is 293 g/mol. The first-order valence-electron chi connectivity index (χ1n) is 7.75. The van der Waals surface area contributed by atoms with E-state index in [1.165, 1.54) is 24.2 Å². The van der Waals surface area contributed by atoms with Crippen molar-refractivity contribution in [2.24, 2.45) is 0 Å². The summed E-state index contributed by atoms with van der Waals surface area (Å²) in [5, 5.41) is 0. The summed E-state index contributed by atoms with van der Waals surface area (Å²) in [5.41, 5.74) is 8.72. The number of imidazole rings is 1. The molecular formula is C18H19N3O. The molecule has 1 fully saturated rings. The van der Waals surface area contributed by atoms with Gasteiger partial charge >= 0.3 is 0 Å². The Hall–Kier alpha value is -2.49. The standard InChI is InChI=1S/C18H19N3O/c19-14-7-9-15(10-8-14)22-12-11-21-17-4-2-1-3-16(17)20-18(21)13-5-6-13/h1-4,7-10,13H,5-6,11-12,19H2. The number of hydrogen-bond donors (Lipinski definition) is 1. The Morgan fingerprint density at radius 1 is 1.09 bits per heavy atom. The minimum atomic E-state index is 0.629. The van der Waals surface area contributed by atoms with Crippen molar-refractivity contribution >= 4 is 16.7 Å². The smallest absolute Gasteiger partial charge is 0.119 e. The third-order valence-electron chi connectivity index (χ3n) is 4.09. The molecule has 1 aliphatic carbocycles. The molecule has 0 aliphatic heterocycles. The van der Waals surface area contributed by atoms with E-state index in [1.54, 1.807) is 0 Å². The van der Waals surface area contributed by atoms with Crippen LogP contribution in [0.5, 0.6) is 5.75 Å². The molecule has 1 saturated carbocycles. The SMILES string of the molecule is Nc1ccc(OCCn2c(C3CC3)nc3ccccc32)cc1. The van der Waals surface area contributed by atoms with E-state index in [9.17, 15) is 0 Å². The van der Waals surface area contributed by atoms with Crippen molar-refractivity contribution in [3.63, 3.8) is 0 Å². The Bertz CT molecular complexity index is 788. The maximum atomic E-state index is 5.83. The molecule has 4 heteroatoms. The van der Waals surface area contributed by atoms with Crippen LogP contribution in [0.4, 0.5) is 5.69 Å². The number of hydrogen-bond acceptors (Lipinski definition) is 3. The normalized spacial score (nSPS) is 14.4. The van der Waals surface area contributed by atoms with Gasteiger partial charge in [-0.1, -0.05) is 12.1 Å². The van der Waals surface area contributed by atoms with Crippen LogP contribution in [0, 0.1) is 0 Å². The van der Waals surface area contributed by atoms with E-state index in [2.05, 4.69) is 22.8 Å². The van der Waals surface area contributed by atoms with Gasteiger partial charge in [0.1, 0.15) is 18.2 Å². The lowest BCUT2D eigenvalue weighted by Crippen LogP contribution is -2.10. The van der Waals surface area contributed by atoms with Gasteiger partial charge in [0.05, 0.1) is 17.6 Å². The van der Waals surface area contributed by atoms with E-state index < -0.39 is 0 Å². The minimum absolute atomic E-state index is 0.629. The minimum Gasteiger partial charge on any atom is -0.492 e. The summed E-state index contributed by atoms with van der Waals surface area (Å²) in [6, 6.07) is 15.9. The summed E-state index contributed by atoms with van der Waals surface area (Å²) in [4.78, 5) is 4.80. The molecule has 4 nitrogen and oxygen atoms in total. The number of rotatable bonds is 5. The van der Waals surface area contributed by atoms with Gasteiger partial charge in [-0.05, 0) is 49.2 Å². The molecule has 0 bridgehead atoms. The molecule has 3 aromatic rings. The van der Waals surface area contributed by atoms with Crippen LogP contribution in [0.1, 0.15) is 24.6 Å². The molecule has 2 aromatic carbocycles. The molecule has 0 spiro atoms. The average Bonchev–Trinajstić information content (AvgIpc) is 3.32. The van der Waals surface area contributed by atoms with Gasteiger partial charge in [0, 0.05) is 11.6 Å². The lowest BCUT2D eigenvalue weighted by atomic mass is 10.3. The molecule has 0 atom stereocenters. The summed E-state index contributed by atoms with van der Waals surface area (Å²) in [6.45, 7) is 1.45. The molecule has 22 heavy (non-hydrogen) atoms. The number of benzene rings is 2. The number of nitrogens with two attached hydrogens (primary N) is 1. The van der Waals surface area contributed by atoms with E-state index in [4.69, 9.17) is 15.5 Å². The largest absolute Gasteiger partial charge is 0.492 e. The summed E-state index contributed by atoms with van der Waals surface area (Å²) in [5.74, 6) is 2.69. The molecule has 0 saturated heterocycles. The van der Waals surface area contributed by atoms with Crippen LogP contribution in [0.2, 0.25) is 0 Å². The van der Waals surface area contributed by atoms with Crippen molar-refractivity contribution in [1.82, 2.24) is 9.55 Å². The Morgan fingerprint density at radius 2 is 1.86 bits per heavy atom. The van der Waals surface area contributed by atoms with Crippen LogP contribution in [0.25, 0.3) is 11.0 Å². The van der Waals surface area contributed by atoms with Crippen molar-refractivity contribution in [3.05, 3.63) is 54.4 Å². The van der Waals surface area contributed by atoms with Crippen molar-refractivity contribution in [1.29, 1.82) is 0 Å². The van der Waals surface area contributed by atoms with Gasteiger partial charge in [-0.2, -0.15) is 0 Å². The molecule has 1 aliphatic rings. The summed E-state index contributed by atoms with van der Waals surface area (Å²) < 4.78 is 8.14. The molecule has 2 N–H and O–H groups in total. The maximum Gasteiger partial charge on any atom is 0.119 e. The predicted octanol–water partition coefficient (Wildman–Crippen LogP) is 3.57. The van der Waals surface area contributed by atoms with Crippen LogP contribution in [0.3, 0.4) is 0 Å². The number of nitrogens with zero attached hydrogens (tertiary/aromatic N) is 2. The molecule has 4 rings (SSSR count). The fourth-order valence-electron chi connectivity index (χ4n) is 2.80. The highest BCUT2D eigenvalue weighted by atomic mass is 16.5. The van der Waals surface area contributed by atoms with Crippen LogP contribution >= 0.6 is 0 Å². The summed E-state index contributed by atoms with van der Waals surface area (Å²) >= 11 is 0. The molecule has 1 aromatic heterocycles. The lowest BCUT2D eigenvalue weighted by molar-refractivity contribution is 0.298. The van der Waals surface area contributed by atoms with E-state index in [-0.39, 0.29) is 0 Å². The molecule has 112 valence electrons. The van der Waals surface area contributed by atoms with Crippen LogP contribution in [-0.4, -0.2) is 16.2 Å². The Kier molecular flexibility index (Phi) is 3.22. The van der Waals surface area contributed by atoms with Gasteiger partial charge in [-0.25, -0.2) is 4.98 Å². The van der Waals surface area contributed by atoms with Gasteiger partial charge in [-0.3, -0.25) is 0 Å². The third kappa shape index (κ3) is 2.52. The van der Waals surface area contributed by atoms with Gasteiger partial charge in [0.25, 0.3) is 0 Å². The Labute approximate surface area is 129 Å². The highest BCUT2D eigenvalue weighted by Gasteiger charge is 2.29. The molecular weight excluding hydrogens is 274 g/mol. The zero-order chi connectivity index (χ0) is 14.9. The zero-order valence-corrected chi connectivity index (χ0v) is 12.4. The second kappa shape index (κ2) is 5.37. The first-order chi connectivity index (χ1) is 10.8. The quantitative estimate of drug-likeness (QED) is 0.732.